The number of nitrogens with two attached hydrogens (primary N) is 1. The molecule has 0 aromatic heterocycles. The Kier molecular flexibility index (Phi) is 4.13. The minimum Gasteiger partial charge on any atom is -0.409 e. The molecule has 1 rings (SSSR count). The quantitative estimate of drug-likeness (QED) is 0.330. The van der Waals surface area contributed by atoms with Gasteiger partial charge in [-0.2, -0.15) is 13.2 Å². The predicted molar refractivity (Wildman–Crippen MR) is 57.2 cm³/mol. The van der Waals surface area contributed by atoms with Gasteiger partial charge in [-0.15, -0.1) is 0 Å². The Labute approximate surface area is 100 Å². The SMILES string of the molecule is N/C(CNC(=O)c1ccccc1C(F)(F)F)=N\O. The molecule has 98 valence electrons. The first kappa shape index (κ1) is 13.8. The molecule has 1 aromatic rings. The zero-order chi connectivity index (χ0) is 13.8. The van der Waals surface area contributed by atoms with Gasteiger partial charge < -0.3 is 16.3 Å². The van der Waals surface area contributed by atoms with Crippen molar-refractivity contribution in [2.45, 2.75) is 6.18 Å². The van der Waals surface area contributed by atoms with Gasteiger partial charge in [-0.1, -0.05) is 17.3 Å². The van der Waals surface area contributed by atoms with Gasteiger partial charge in [-0.05, 0) is 12.1 Å². The van der Waals surface area contributed by atoms with Gasteiger partial charge >= 0.3 is 6.18 Å². The summed E-state index contributed by atoms with van der Waals surface area (Å²) in [6.45, 7) is -0.346. The highest BCUT2D eigenvalue weighted by Crippen LogP contribution is 2.31. The summed E-state index contributed by atoms with van der Waals surface area (Å²) in [6.07, 6.45) is -4.62. The lowest BCUT2D eigenvalue weighted by Crippen LogP contribution is -2.34. The molecule has 5 nitrogen and oxygen atoms in total. The van der Waals surface area contributed by atoms with Crippen molar-refractivity contribution in [3.05, 3.63) is 35.4 Å². The number of nitrogens with zero attached hydrogens (tertiary/aromatic N) is 1. The number of amidine groups is 1. The number of nitrogens with one attached hydrogen (secondary N) is 1. The monoisotopic (exact) mass is 261 g/mol. The minimum atomic E-state index is -4.62. The molecular weight excluding hydrogens is 251 g/mol. The molecule has 0 radical (unpaired) electrons. The van der Waals surface area contributed by atoms with Crippen molar-refractivity contribution in [2.75, 3.05) is 6.54 Å². The van der Waals surface area contributed by atoms with Crippen molar-refractivity contribution in [3.8, 4) is 0 Å². The van der Waals surface area contributed by atoms with E-state index in [1.54, 1.807) is 0 Å². The number of carbonyl (C=O) groups excluding carboxylic acids is 1. The lowest BCUT2D eigenvalue weighted by atomic mass is 10.1. The topological polar surface area (TPSA) is 87.7 Å². The molecule has 0 saturated heterocycles. The van der Waals surface area contributed by atoms with E-state index in [4.69, 9.17) is 10.9 Å². The molecule has 0 aliphatic heterocycles. The van der Waals surface area contributed by atoms with Gasteiger partial charge in [0.1, 0.15) is 0 Å². The Morgan fingerprint density at radius 1 is 1.39 bits per heavy atom. The molecule has 0 heterocycles. The van der Waals surface area contributed by atoms with E-state index in [0.717, 1.165) is 12.1 Å². The van der Waals surface area contributed by atoms with E-state index < -0.39 is 23.2 Å². The van der Waals surface area contributed by atoms with Crippen molar-refractivity contribution < 1.29 is 23.2 Å². The van der Waals surface area contributed by atoms with Gasteiger partial charge in [0.25, 0.3) is 5.91 Å². The van der Waals surface area contributed by atoms with E-state index in [-0.39, 0.29) is 12.4 Å². The van der Waals surface area contributed by atoms with Gasteiger partial charge in [0.15, 0.2) is 5.84 Å². The second-order valence-electron chi connectivity index (χ2n) is 3.32. The van der Waals surface area contributed by atoms with Crippen molar-refractivity contribution in [1.82, 2.24) is 5.32 Å². The number of rotatable bonds is 3. The average molecular weight is 261 g/mol. The molecule has 0 atom stereocenters. The largest absolute Gasteiger partial charge is 0.417 e. The first-order chi connectivity index (χ1) is 8.36. The molecule has 0 saturated carbocycles. The fourth-order valence-corrected chi connectivity index (χ4v) is 1.23. The third-order valence-electron chi connectivity index (χ3n) is 2.04. The maximum atomic E-state index is 12.6. The van der Waals surface area contributed by atoms with Crippen LogP contribution in [0.15, 0.2) is 29.4 Å². The predicted octanol–water partition coefficient (Wildman–Crippen LogP) is 1.18. The van der Waals surface area contributed by atoms with Crippen molar-refractivity contribution in [1.29, 1.82) is 0 Å². The summed E-state index contributed by atoms with van der Waals surface area (Å²) in [5, 5.41) is 12.9. The molecule has 0 bridgehead atoms. The van der Waals surface area contributed by atoms with Crippen molar-refractivity contribution >= 4 is 11.7 Å². The van der Waals surface area contributed by atoms with E-state index in [1.807, 2.05) is 0 Å². The molecule has 0 aliphatic rings. The Balaban J connectivity index is 2.93. The summed E-state index contributed by atoms with van der Waals surface area (Å²) in [7, 11) is 0. The standard InChI is InChI=1S/C10H10F3N3O2/c11-10(12,13)7-4-2-1-3-6(7)9(17)15-5-8(14)16-18/h1-4,18H,5H2,(H2,14,16)(H,15,17). The summed E-state index contributed by atoms with van der Waals surface area (Å²) >= 11 is 0. The highest BCUT2D eigenvalue weighted by Gasteiger charge is 2.34. The Morgan fingerprint density at radius 2 is 2.00 bits per heavy atom. The van der Waals surface area contributed by atoms with Gasteiger partial charge in [0, 0.05) is 0 Å². The second-order valence-corrected chi connectivity index (χ2v) is 3.32. The average Bonchev–Trinajstić information content (AvgIpc) is 2.34. The molecule has 0 aliphatic carbocycles. The van der Waals surface area contributed by atoms with Crippen LogP contribution in [0.3, 0.4) is 0 Å². The number of hydrogen-bond acceptors (Lipinski definition) is 3. The fraction of sp³-hybridized carbons (Fsp3) is 0.200. The number of halogens is 3. The summed E-state index contributed by atoms with van der Waals surface area (Å²) in [6, 6.07) is 4.35. The minimum absolute atomic E-state index is 0.312. The molecule has 8 heteroatoms. The van der Waals surface area contributed by atoms with Crippen molar-refractivity contribution in [3.63, 3.8) is 0 Å². The van der Waals surface area contributed by atoms with Crippen LogP contribution in [0.25, 0.3) is 0 Å². The van der Waals surface area contributed by atoms with Crippen LogP contribution in [0.4, 0.5) is 13.2 Å². The summed E-state index contributed by atoms with van der Waals surface area (Å²) in [5.74, 6) is -1.26. The van der Waals surface area contributed by atoms with Crippen LogP contribution in [-0.4, -0.2) is 23.5 Å². The van der Waals surface area contributed by atoms with E-state index >= 15 is 0 Å². The second kappa shape index (κ2) is 5.39. The molecule has 18 heavy (non-hydrogen) atoms. The number of amides is 1. The van der Waals surface area contributed by atoms with E-state index in [9.17, 15) is 18.0 Å². The van der Waals surface area contributed by atoms with E-state index in [1.165, 1.54) is 12.1 Å². The van der Waals surface area contributed by atoms with Crippen LogP contribution in [0, 0.1) is 0 Å². The summed E-state index contributed by atoms with van der Waals surface area (Å²) in [5.41, 5.74) is 3.53. The Morgan fingerprint density at radius 3 is 2.56 bits per heavy atom. The highest BCUT2D eigenvalue weighted by molar-refractivity contribution is 5.98. The lowest BCUT2D eigenvalue weighted by Gasteiger charge is -2.12. The molecule has 1 amide bonds. The Bertz CT molecular complexity index is 472. The van der Waals surface area contributed by atoms with Crippen LogP contribution in [0.5, 0.6) is 0 Å². The Hall–Kier alpha value is -2.25. The smallest absolute Gasteiger partial charge is 0.409 e. The molecule has 0 fully saturated rings. The zero-order valence-corrected chi connectivity index (χ0v) is 9.03. The van der Waals surface area contributed by atoms with Crippen LogP contribution in [-0.2, 0) is 6.18 Å². The third-order valence-corrected chi connectivity index (χ3v) is 2.04. The number of hydrogen-bond donors (Lipinski definition) is 3. The van der Waals surface area contributed by atoms with Gasteiger partial charge in [0.05, 0.1) is 17.7 Å². The lowest BCUT2D eigenvalue weighted by molar-refractivity contribution is -0.137. The van der Waals surface area contributed by atoms with Gasteiger partial charge in [-0.25, -0.2) is 0 Å². The van der Waals surface area contributed by atoms with Crippen LogP contribution in [0.2, 0.25) is 0 Å². The maximum Gasteiger partial charge on any atom is 0.417 e. The molecular formula is C10H10F3N3O2. The molecule has 4 N–H and O–H groups in total. The molecule has 0 unspecified atom stereocenters. The zero-order valence-electron chi connectivity index (χ0n) is 9.03. The summed E-state index contributed by atoms with van der Waals surface area (Å²) in [4.78, 5) is 11.5. The number of alkyl halides is 3. The van der Waals surface area contributed by atoms with E-state index in [2.05, 4.69) is 10.5 Å². The maximum absolute atomic E-state index is 12.6. The number of carbonyl (C=O) groups is 1. The first-order valence-electron chi connectivity index (χ1n) is 4.77. The normalized spacial score (nSPS) is 12.3. The number of benzene rings is 1. The van der Waals surface area contributed by atoms with Crippen LogP contribution < -0.4 is 11.1 Å². The number of oxime groups is 1. The molecule has 1 aromatic carbocycles. The van der Waals surface area contributed by atoms with E-state index in [0.29, 0.717) is 0 Å². The van der Waals surface area contributed by atoms with Crippen LogP contribution >= 0.6 is 0 Å². The van der Waals surface area contributed by atoms with Gasteiger partial charge in [-0.3, -0.25) is 4.79 Å². The molecule has 0 spiro atoms. The van der Waals surface area contributed by atoms with Crippen LogP contribution in [0.1, 0.15) is 15.9 Å². The third kappa shape index (κ3) is 3.37. The van der Waals surface area contributed by atoms with Crippen molar-refractivity contribution in [2.24, 2.45) is 10.9 Å². The van der Waals surface area contributed by atoms with Gasteiger partial charge in [0.2, 0.25) is 0 Å². The summed E-state index contributed by atoms with van der Waals surface area (Å²) < 4.78 is 37.8. The first-order valence-corrected chi connectivity index (χ1v) is 4.77. The fourth-order valence-electron chi connectivity index (χ4n) is 1.23. The highest BCUT2D eigenvalue weighted by atomic mass is 19.4.